The van der Waals surface area contributed by atoms with Gasteiger partial charge in [-0.15, -0.1) is 5.10 Å². The van der Waals surface area contributed by atoms with E-state index in [-0.39, 0.29) is 23.2 Å². The highest BCUT2D eigenvalue weighted by molar-refractivity contribution is 9.10. The Kier molecular flexibility index (Phi) is 6.18. The lowest BCUT2D eigenvalue weighted by Gasteiger charge is -2.33. The lowest BCUT2D eigenvalue weighted by molar-refractivity contribution is -0.120. The molecule has 0 aliphatic carbocycles. The molecule has 160 valence electrons. The largest absolute Gasteiger partial charge is 0.354 e. The van der Waals surface area contributed by atoms with Gasteiger partial charge in [-0.1, -0.05) is 15.9 Å². The zero-order chi connectivity index (χ0) is 22.0. The maximum atomic E-state index is 13.2. The zero-order valence-electron chi connectivity index (χ0n) is 17.0. The van der Waals surface area contributed by atoms with Crippen molar-refractivity contribution in [3.8, 4) is 5.69 Å². The molecule has 8 heteroatoms. The van der Waals surface area contributed by atoms with Crippen LogP contribution in [0.2, 0.25) is 0 Å². The van der Waals surface area contributed by atoms with Crippen molar-refractivity contribution in [2.24, 2.45) is 5.92 Å². The van der Waals surface area contributed by atoms with Crippen LogP contribution in [0.15, 0.2) is 63.9 Å². The van der Waals surface area contributed by atoms with E-state index in [0.29, 0.717) is 18.1 Å². The molecule has 1 fully saturated rings. The van der Waals surface area contributed by atoms with Crippen LogP contribution < -0.4 is 15.8 Å². The van der Waals surface area contributed by atoms with Crippen molar-refractivity contribution in [2.75, 3.05) is 23.3 Å². The molecule has 1 aromatic heterocycles. The molecular weight excluding hydrogens is 463 g/mol. The molecule has 31 heavy (non-hydrogen) atoms. The first kappa shape index (κ1) is 21.2. The van der Waals surface area contributed by atoms with E-state index in [1.54, 1.807) is 6.07 Å². The Hall–Kier alpha value is -3.00. The number of piperidine rings is 1. The van der Waals surface area contributed by atoms with Gasteiger partial charge in [0.25, 0.3) is 5.56 Å². The van der Waals surface area contributed by atoms with E-state index >= 15 is 0 Å². The third kappa shape index (κ3) is 4.85. The fourth-order valence-corrected chi connectivity index (χ4v) is 3.95. The normalized spacial score (nSPS) is 16.2. The third-order valence-corrected chi connectivity index (χ3v) is 6.29. The molecule has 1 amide bonds. The summed E-state index contributed by atoms with van der Waals surface area (Å²) in [5, 5.41) is 7.47. The highest BCUT2D eigenvalue weighted by Crippen LogP contribution is 2.24. The lowest BCUT2D eigenvalue weighted by Crippen LogP contribution is -2.41. The number of rotatable bonds is 4. The fourth-order valence-electron chi connectivity index (χ4n) is 3.70. The number of aryl methyl sites for hydroxylation is 1. The molecular formula is C23H22BrFN4O2. The van der Waals surface area contributed by atoms with Crippen LogP contribution in [0.1, 0.15) is 18.4 Å². The van der Waals surface area contributed by atoms with Crippen LogP contribution in [0.4, 0.5) is 15.9 Å². The molecule has 1 atom stereocenters. The van der Waals surface area contributed by atoms with Crippen LogP contribution in [0, 0.1) is 18.7 Å². The van der Waals surface area contributed by atoms with E-state index in [4.69, 9.17) is 0 Å². The molecule has 2 aromatic carbocycles. The summed E-state index contributed by atoms with van der Waals surface area (Å²) in [5.74, 6) is 0.0173. The molecule has 0 saturated carbocycles. The van der Waals surface area contributed by atoms with Gasteiger partial charge in [0, 0.05) is 29.3 Å². The second-order valence-corrected chi connectivity index (χ2v) is 8.51. The Morgan fingerprint density at radius 2 is 1.94 bits per heavy atom. The Labute approximate surface area is 187 Å². The molecule has 0 unspecified atom stereocenters. The van der Waals surface area contributed by atoms with Crippen molar-refractivity contribution in [1.29, 1.82) is 0 Å². The van der Waals surface area contributed by atoms with Crippen molar-refractivity contribution in [1.82, 2.24) is 9.78 Å². The van der Waals surface area contributed by atoms with Gasteiger partial charge in [0.15, 0.2) is 0 Å². The number of carbonyl (C=O) groups excluding carboxylic acids is 1. The number of hydrogen-bond acceptors (Lipinski definition) is 4. The first-order valence-corrected chi connectivity index (χ1v) is 10.9. The Morgan fingerprint density at radius 1 is 1.16 bits per heavy atom. The summed E-state index contributed by atoms with van der Waals surface area (Å²) in [7, 11) is 0. The second kappa shape index (κ2) is 9.01. The molecule has 4 rings (SSSR count). The molecule has 1 aliphatic rings. The summed E-state index contributed by atoms with van der Waals surface area (Å²) in [6, 6.07) is 14.4. The van der Waals surface area contributed by atoms with E-state index in [9.17, 15) is 14.0 Å². The van der Waals surface area contributed by atoms with E-state index in [1.165, 1.54) is 35.0 Å². The monoisotopic (exact) mass is 484 g/mol. The Morgan fingerprint density at radius 3 is 2.68 bits per heavy atom. The van der Waals surface area contributed by atoms with Crippen molar-refractivity contribution in [3.63, 3.8) is 0 Å². The number of hydrogen-bond donors (Lipinski definition) is 1. The summed E-state index contributed by atoms with van der Waals surface area (Å²) in [4.78, 5) is 27.2. The van der Waals surface area contributed by atoms with Gasteiger partial charge < -0.3 is 10.2 Å². The summed E-state index contributed by atoms with van der Waals surface area (Å²) < 4.78 is 15.5. The third-order valence-electron chi connectivity index (χ3n) is 5.40. The van der Waals surface area contributed by atoms with Crippen LogP contribution in [-0.2, 0) is 4.79 Å². The summed E-state index contributed by atoms with van der Waals surface area (Å²) >= 11 is 3.47. The average molecular weight is 485 g/mol. The number of carbonyl (C=O) groups is 1. The Bertz CT molecular complexity index is 1160. The predicted octanol–water partition coefficient (Wildman–Crippen LogP) is 4.30. The molecule has 0 radical (unpaired) electrons. The summed E-state index contributed by atoms with van der Waals surface area (Å²) in [6.45, 7) is 3.23. The van der Waals surface area contributed by atoms with Crippen LogP contribution in [0.3, 0.4) is 0 Å². The quantitative estimate of drug-likeness (QED) is 0.599. The van der Waals surface area contributed by atoms with E-state index in [1.807, 2.05) is 30.0 Å². The number of nitrogens with zero attached hydrogens (tertiary/aromatic N) is 3. The van der Waals surface area contributed by atoms with E-state index in [2.05, 4.69) is 26.3 Å². The van der Waals surface area contributed by atoms with Gasteiger partial charge in [-0.25, -0.2) is 4.39 Å². The number of amides is 1. The van der Waals surface area contributed by atoms with Crippen LogP contribution in [0.25, 0.3) is 5.69 Å². The summed E-state index contributed by atoms with van der Waals surface area (Å²) in [5.41, 5.74) is 2.01. The standard InChI is InChI=1S/C23H22BrFN4O2/c1-15-13-18(6-9-20(15)24)26-23(31)16-3-2-12-28(14-16)21-10-11-22(30)29(27-21)19-7-4-17(25)5-8-19/h4-11,13,16H,2-3,12,14H2,1H3,(H,26,31)/t16-/m0/s1. The molecule has 3 aromatic rings. The first-order valence-electron chi connectivity index (χ1n) is 10.1. The minimum absolute atomic E-state index is 0.0294. The van der Waals surface area contributed by atoms with Crippen molar-refractivity contribution < 1.29 is 9.18 Å². The maximum absolute atomic E-state index is 13.2. The molecule has 1 aliphatic heterocycles. The van der Waals surface area contributed by atoms with Gasteiger partial charge in [0.2, 0.25) is 5.91 Å². The molecule has 6 nitrogen and oxygen atoms in total. The number of anilines is 2. The number of nitrogens with one attached hydrogen (secondary N) is 1. The smallest absolute Gasteiger partial charge is 0.271 e. The SMILES string of the molecule is Cc1cc(NC(=O)[C@H]2CCCN(c3ccc(=O)n(-c4ccc(F)cc4)n3)C2)ccc1Br. The maximum Gasteiger partial charge on any atom is 0.271 e. The second-order valence-electron chi connectivity index (χ2n) is 7.66. The van der Waals surface area contributed by atoms with E-state index < -0.39 is 0 Å². The number of benzene rings is 2. The van der Waals surface area contributed by atoms with Gasteiger partial charge in [-0.2, -0.15) is 4.68 Å². The lowest BCUT2D eigenvalue weighted by atomic mass is 9.97. The van der Waals surface area contributed by atoms with Crippen molar-refractivity contribution in [3.05, 3.63) is 80.8 Å². The van der Waals surface area contributed by atoms with Crippen LogP contribution in [0.5, 0.6) is 0 Å². The minimum Gasteiger partial charge on any atom is -0.354 e. The molecule has 2 heterocycles. The minimum atomic E-state index is -0.376. The molecule has 1 N–H and O–H groups in total. The van der Waals surface area contributed by atoms with Gasteiger partial charge in [0.05, 0.1) is 11.6 Å². The predicted molar refractivity (Wildman–Crippen MR) is 122 cm³/mol. The van der Waals surface area contributed by atoms with Gasteiger partial charge >= 0.3 is 0 Å². The van der Waals surface area contributed by atoms with Crippen LogP contribution in [-0.4, -0.2) is 28.8 Å². The molecule has 0 bridgehead atoms. The fraction of sp³-hybridized carbons (Fsp3) is 0.261. The van der Waals surface area contributed by atoms with Crippen molar-refractivity contribution >= 4 is 33.3 Å². The molecule has 1 saturated heterocycles. The average Bonchev–Trinajstić information content (AvgIpc) is 2.77. The highest BCUT2D eigenvalue weighted by atomic mass is 79.9. The highest BCUT2D eigenvalue weighted by Gasteiger charge is 2.27. The van der Waals surface area contributed by atoms with Gasteiger partial charge in [0.1, 0.15) is 11.6 Å². The first-order chi connectivity index (χ1) is 14.9. The Balaban J connectivity index is 1.51. The molecule has 0 spiro atoms. The van der Waals surface area contributed by atoms with Crippen molar-refractivity contribution in [2.45, 2.75) is 19.8 Å². The zero-order valence-corrected chi connectivity index (χ0v) is 18.6. The van der Waals surface area contributed by atoms with E-state index in [0.717, 1.165) is 35.1 Å². The summed E-state index contributed by atoms with van der Waals surface area (Å²) in [6.07, 6.45) is 1.63. The number of halogens is 2. The number of aromatic nitrogens is 2. The van der Waals surface area contributed by atoms with Crippen LogP contribution >= 0.6 is 15.9 Å². The van der Waals surface area contributed by atoms with Gasteiger partial charge in [-0.3, -0.25) is 9.59 Å². The topological polar surface area (TPSA) is 67.2 Å². The van der Waals surface area contributed by atoms with Gasteiger partial charge in [-0.05, 0) is 73.9 Å².